The molecular weight excluding hydrogens is 278 g/mol. The molecule has 112 valence electrons. The van der Waals surface area contributed by atoms with Crippen LogP contribution >= 0.6 is 11.6 Å². The van der Waals surface area contributed by atoms with E-state index in [1.54, 1.807) is 0 Å². The van der Waals surface area contributed by atoms with Crippen molar-refractivity contribution in [1.29, 1.82) is 0 Å². The third-order valence-electron chi connectivity index (χ3n) is 3.80. The molecule has 21 heavy (non-hydrogen) atoms. The van der Waals surface area contributed by atoms with Crippen molar-refractivity contribution in [2.24, 2.45) is 0 Å². The Hall–Kier alpha value is -1.31. The van der Waals surface area contributed by atoms with Crippen molar-refractivity contribution < 1.29 is 0 Å². The number of hydrogen-bond donors (Lipinski definition) is 1. The molecule has 0 aliphatic carbocycles. The summed E-state index contributed by atoms with van der Waals surface area (Å²) in [6, 6.07) is 15.4. The van der Waals surface area contributed by atoms with E-state index in [2.05, 4.69) is 68.6 Å². The predicted molar refractivity (Wildman–Crippen MR) is 93.0 cm³/mol. The fraction of sp³-hybridized carbons (Fsp3) is 0.368. The van der Waals surface area contributed by atoms with Crippen molar-refractivity contribution in [3.8, 4) is 11.1 Å². The van der Waals surface area contributed by atoms with Gasteiger partial charge < -0.3 is 5.32 Å². The number of aryl methyl sites for hydroxylation is 1. The number of rotatable bonds is 6. The summed E-state index contributed by atoms with van der Waals surface area (Å²) in [6.45, 7) is 7.40. The molecule has 1 atom stereocenters. The molecule has 2 rings (SSSR count). The Morgan fingerprint density at radius 1 is 1.00 bits per heavy atom. The van der Waals surface area contributed by atoms with Gasteiger partial charge in [-0.3, -0.25) is 0 Å². The summed E-state index contributed by atoms with van der Waals surface area (Å²) in [5.74, 6) is 0. The SMILES string of the molecule is CCCc1ccc(-c2ccc(C(C)NCC)c(Cl)c2)cc1. The Labute approximate surface area is 133 Å². The average Bonchev–Trinajstić information content (AvgIpc) is 2.48. The maximum absolute atomic E-state index is 6.45. The van der Waals surface area contributed by atoms with Gasteiger partial charge in [0, 0.05) is 11.1 Å². The predicted octanol–water partition coefficient (Wildman–Crippen LogP) is 5.63. The van der Waals surface area contributed by atoms with Gasteiger partial charge in [-0.1, -0.05) is 68.3 Å². The Morgan fingerprint density at radius 3 is 2.24 bits per heavy atom. The van der Waals surface area contributed by atoms with Gasteiger partial charge in [0.25, 0.3) is 0 Å². The number of halogens is 1. The largest absolute Gasteiger partial charge is 0.310 e. The maximum Gasteiger partial charge on any atom is 0.0459 e. The summed E-state index contributed by atoms with van der Waals surface area (Å²) in [4.78, 5) is 0. The van der Waals surface area contributed by atoms with E-state index in [0.29, 0.717) is 0 Å². The lowest BCUT2D eigenvalue weighted by Crippen LogP contribution is -2.17. The fourth-order valence-corrected chi connectivity index (χ4v) is 2.97. The van der Waals surface area contributed by atoms with Crippen molar-refractivity contribution in [2.75, 3.05) is 6.54 Å². The summed E-state index contributed by atoms with van der Waals surface area (Å²) in [7, 11) is 0. The van der Waals surface area contributed by atoms with Gasteiger partial charge >= 0.3 is 0 Å². The lowest BCUT2D eigenvalue weighted by Gasteiger charge is -2.15. The first-order chi connectivity index (χ1) is 10.2. The summed E-state index contributed by atoms with van der Waals surface area (Å²) in [6.07, 6.45) is 2.32. The minimum Gasteiger partial charge on any atom is -0.310 e. The second-order valence-electron chi connectivity index (χ2n) is 5.46. The van der Waals surface area contributed by atoms with Gasteiger partial charge in [0.1, 0.15) is 0 Å². The van der Waals surface area contributed by atoms with Crippen LogP contribution in [0.2, 0.25) is 5.02 Å². The first-order valence-electron chi connectivity index (χ1n) is 7.77. The van der Waals surface area contributed by atoms with Crippen LogP contribution < -0.4 is 5.32 Å². The molecule has 1 nitrogen and oxygen atoms in total. The molecule has 0 saturated carbocycles. The van der Waals surface area contributed by atoms with Gasteiger partial charge in [-0.25, -0.2) is 0 Å². The van der Waals surface area contributed by atoms with E-state index >= 15 is 0 Å². The quantitative estimate of drug-likeness (QED) is 0.729. The normalized spacial score (nSPS) is 12.4. The smallest absolute Gasteiger partial charge is 0.0459 e. The molecule has 0 bridgehead atoms. The van der Waals surface area contributed by atoms with Crippen LogP contribution in [0.1, 0.15) is 44.4 Å². The molecule has 1 N–H and O–H groups in total. The van der Waals surface area contributed by atoms with Crippen LogP contribution in [0.4, 0.5) is 0 Å². The molecule has 0 aliphatic rings. The molecule has 0 radical (unpaired) electrons. The Morgan fingerprint density at radius 2 is 1.67 bits per heavy atom. The zero-order valence-electron chi connectivity index (χ0n) is 13.1. The van der Waals surface area contributed by atoms with Gasteiger partial charge in [-0.05, 0) is 48.2 Å². The van der Waals surface area contributed by atoms with Crippen LogP contribution in [0, 0.1) is 0 Å². The zero-order valence-corrected chi connectivity index (χ0v) is 13.9. The molecule has 0 aromatic heterocycles. The van der Waals surface area contributed by atoms with Crippen molar-refractivity contribution >= 4 is 11.6 Å². The van der Waals surface area contributed by atoms with E-state index in [0.717, 1.165) is 23.6 Å². The van der Waals surface area contributed by atoms with Crippen LogP contribution in [-0.4, -0.2) is 6.54 Å². The Bertz CT molecular complexity index is 575. The third kappa shape index (κ3) is 4.09. The lowest BCUT2D eigenvalue weighted by molar-refractivity contribution is 0.598. The van der Waals surface area contributed by atoms with Crippen LogP contribution in [0.25, 0.3) is 11.1 Å². The highest BCUT2D eigenvalue weighted by Crippen LogP contribution is 2.29. The molecule has 0 saturated heterocycles. The molecule has 0 aliphatic heterocycles. The molecular formula is C19H24ClN. The maximum atomic E-state index is 6.45. The third-order valence-corrected chi connectivity index (χ3v) is 4.13. The molecule has 2 aromatic carbocycles. The molecule has 2 aromatic rings. The first kappa shape index (κ1) is 16.1. The van der Waals surface area contributed by atoms with Crippen LogP contribution in [0.3, 0.4) is 0 Å². The highest BCUT2D eigenvalue weighted by atomic mass is 35.5. The Kier molecular flexibility index (Phi) is 5.84. The van der Waals surface area contributed by atoms with Gasteiger partial charge in [0.2, 0.25) is 0 Å². The summed E-state index contributed by atoms with van der Waals surface area (Å²) < 4.78 is 0. The first-order valence-corrected chi connectivity index (χ1v) is 8.15. The standard InChI is InChI=1S/C19H24ClN/c1-4-6-15-7-9-16(10-8-15)17-11-12-18(19(20)13-17)14(3)21-5-2/h7-14,21H,4-6H2,1-3H3. The molecule has 2 heteroatoms. The summed E-state index contributed by atoms with van der Waals surface area (Å²) >= 11 is 6.45. The topological polar surface area (TPSA) is 12.0 Å². The van der Waals surface area contributed by atoms with Crippen molar-refractivity contribution in [1.82, 2.24) is 5.32 Å². The second-order valence-corrected chi connectivity index (χ2v) is 5.87. The zero-order chi connectivity index (χ0) is 15.2. The van der Waals surface area contributed by atoms with Gasteiger partial charge in [-0.2, -0.15) is 0 Å². The highest BCUT2D eigenvalue weighted by molar-refractivity contribution is 6.31. The van der Waals surface area contributed by atoms with Crippen molar-refractivity contribution in [2.45, 2.75) is 39.7 Å². The number of nitrogens with one attached hydrogen (secondary N) is 1. The van der Waals surface area contributed by atoms with Gasteiger partial charge in [0.05, 0.1) is 0 Å². The van der Waals surface area contributed by atoms with E-state index in [4.69, 9.17) is 11.6 Å². The van der Waals surface area contributed by atoms with Crippen molar-refractivity contribution in [3.05, 3.63) is 58.6 Å². The number of benzene rings is 2. The van der Waals surface area contributed by atoms with Crippen LogP contribution in [0.15, 0.2) is 42.5 Å². The molecule has 0 fully saturated rings. The summed E-state index contributed by atoms with van der Waals surface area (Å²) in [5, 5.41) is 4.23. The second kappa shape index (κ2) is 7.63. The van der Waals surface area contributed by atoms with Crippen LogP contribution in [-0.2, 0) is 6.42 Å². The van der Waals surface area contributed by atoms with Crippen LogP contribution in [0.5, 0.6) is 0 Å². The van der Waals surface area contributed by atoms with E-state index in [1.165, 1.54) is 23.1 Å². The van der Waals surface area contributed by atoms with E-state index < -0.39 is 0 Å². The van der Waals surface area contributed by atoms with E-state index in [-0.39, 0.29) is 6.04 Å². The van der Waals surface area contributed by atoms with Gasteiger partial charge in [-0.15, -0.1) is 0 Å². The van der Waals surface area contributed by atoms with E-state index in [9.17, 15) is 0 Å². The molecule has 1 unspecified atom stereocenters. The lowest BCUT2D eigenvalue weighted by atomic mass is 9.99. The number of hydrogen-bond acceptors (Lipinski definition) is 1. The monoisotopic (exact) mass is 301 g/mol. The summed E-state index contributed by atoms with van der Waals surface area (Å²) in [5.41, 5.74) is 4.95. The molecule has 0 spiro atoms. The molecule has 0 heterocycles. The average molecular weight is 302 g/mol. The van der Waals surface area contributed by atoms with E-state index in [1.807, 2.05) is 0 Å². The minimum absolute atomic E-state index is 0.281. The molecule has 0 amide bonds. The fourth-order valence-electron chi connectivity index (χ4n) is 2.63. The Balaban J connectivity index is 2.23. The highest BCUT2D eigenvalue weighted by Gasteiger charge is 2.09. The van der Waals surface area contributed by atoms with Gasteiger partial charge in [0.15, 0.2) is 0 Å². The van der Waals surface area contributed by atoms with Crippen molar-refractivity contribution in [3.63, 3.8) is 0 Å². The minimum atomic E-state index is 0.281.